The van der Waals surface area contributed by atoms with E-state index < -0.39 is 24.5 Å². The third-order valence-electron chi connectivity index (χ3n) is 6.91. The standard InChI is InChI=1S/C24H32N2O5/c1-2-30-20-6-4-3-5-19(20)7-8-22(28)31-15-21(27)25-23(29)26-24-12-16-9-17(13-24)11-18(10-16)14-24/h3-6,16-18H,2,7-15H2,1H3,(H2,25,26,27,29). The number of esters is 1. The third kappa shape index (κ3) is 5.38. The van der Waals surface area contributed by atoms with E-state index >= 15 is 0 Å². The van der Waals surface area contributed by atoms with Crippen LogP contribution in [0.4, 0.5) is 4.79 Å². The smallest absolute Gasteiger partial charge is 0.321 e. The molecule has 1 aromatic carbocycles. The number of rotatable bonds is 8. The van der Waals surface area contributed by atoms with Gasteiger partial charge in [-0.25, -0.2) is 4.79 Å². The highest BCUT2D eigenvalue weighted by atomic mass is 16.5. The normalized spacial score (nSPS) is 28.1. The van der Waals surface area contributed by atoms with Crippen LogP contribution in [0.25, 0.3) is 0 Å². The van der Waals surface area contributed by atoms with Crippen molar-refractivity contribution in [2.45, 2.75) is 63.8 Å². The number of carbonyl (C=O) groups is 3. The van der Waals surface area contributed by atoms with Crippen LogP contribution in [-0.2, 0) is 20.7 Å². The summed E-state index contributed by atoms with van der Waals surface area (Å²) >= 11 is 0. The van der Waals surface area contributed by atoms with Gasteiger partial charge in [-0.15, -0.1) is 0 Å². The number of hydrogen-bond donors (Lipinski definition) is 2. The largest absolute Gasteiger partial charge is 0.494 e. The van der Waals surface area contributed by atoms with Gasteiger partial charge in [0.1, 0.15) is 5.75 Å². The number of aryl methyl sites for hydroxylation is 1. The van der Waals surface area contributed by atoms with E-state index in [1.165, 1.54) is 19.3 Å². The molecular formula is C24H32N2O5. The maximum atomic E-state index is 12.4. The van der Waals surface area contributed by atoms with Gasteiger partial charge in [-0.1, -0.05) is 18.2 Å². The van der Waals surface area contributed by atoms with E-state index in [0.717, 1.165) is 30.6 Å². The summed E-state index contributed by atoms with van der Waals surface area (Å²) in [4.78, 5) is 36.5. The average Bonchev–Trinajstić information content (AvgIpc) is 2.70. The minimum Gasteiger partial charge on any atom is -0.494 e. The first kappa shape index (κ1) is 21.7. The summed E-state index contributed by atoms with van der Waals surface area (Å²) in [6.45, 7) is 2.00. The second kappa shape index (κ2) is 9.28. The average molecular weight is 429 g/mol. The maximum Gasteiger partial charge on any atom is 0.321 e. The Balaban J connectivity index is 1.18. The molecule has 4 saturated carbocycles. The Morgan fingerprint density at radius 3 is 2.32 bits per heavy atom. The highest BCUT2D eigenvalue weighted by Crippen LogP contribution is 2.55. The molecule has 0 aliphatic heterocycles. The first-order valence-corrected chi connectivity index (χ1v) is 11.4. The number of nitrogens with one attached hydrogen (secondary N) is 2. The minimum absolute atomic E-state index is 0.136. The second-order valence-electron chi connectivity index (χ2n) is 9.40. The molecule has 2 N–H and O–H groups in total. The molecule has 0 atom stereocenters. The quantitative estimate of drug-likeness (QED) is 0.620. The minimum atomic E-state index is -0.606. The molecule has 7 nitrogen and oxygen atoms in total. The molecule has 4 aliphatic carbocycles. The Kier molecular flexibility index (Phi) is 6.49. The van der Waals surface area contributed by atoms with Crippen molar-refractivity contribution in [2.75, 3.05) is 13.2 Å². The predicted molar refractivity (Wildman–Crippen MR) is 114 cm³/mol. The molecule has 1 aromatic rings. The lowest BCUT2D eigenvalue weighted by molar-refractivity contribution is -0.148. The summed E-state index contributed by atoms with van der Waals surface area (Å²) in [5.74, 6) is 1.77. The van der Waals surface area contributed by atoms with E-state index in [1.807, 2.05) is 31.2 Å². The van der Waals surface area contributed by atoms with Gasteiger partial charge in [0.25, 0.3) is 5.91 Å². The topological polar surface area (TPSA) is 93.7 Å². The summed E-state index contributed by atoms with van der Waals surface area (Å²) < 4.78 is 10.6. The van der Waals surface area contributed by atoms with Gasteiger partial charge in [-0.3, -0.25) is 14.9 Å². The first-order chi connectivity index (χ1) is 14.9. The number of imide groups is 1. The number of para-hydroxylation sites is 1. The highest BCUT2D eigenvalue weighted by molar-refractivity contribution is 5.95. The zero-order valence-electron chi connectivity index (χ0n) is 18.2. The van der Waals surface area contributed by atoms with E-state index in [4.69, 9.17) is 9.47 Å². The van der Waals surface area contributed by atoms with E-state index in [0.29, 0.717) is 30.8 Å². The van der Waals surface area contributed by atoms with E-state index in [9.17, 15) is 14.4 Å². The lowest BCUT2D eigenvalue weighted by atomic mass is 9.53. The summed E-state index contributed by atoms with van der Waals surface area (Å²) in [5, 5.41) is 5.41. The van der Waals surface area contributed by atoms with Crippen molar-refractivity contribution in [1.82, 2.24) is 10.6 Å². The molecule has 7 heteroatoms. The Morgan fingerprint density at radius 1 is 1.03 bits per heavy atom. The Morgan fingerprint density at radius 2 is 1.68 bits per heavy atom. The molecule has 5 rings (SSSR count). The van der Waals surface area contributed by atoms with Crippen molar-refractivity contribution in [3.05, 3.63) is 29.8 Å². The monoisotopic (exact) mass is 428 g/mol. The lowest BCUT2D eigenvalue weighted by Crippen LogP contribution is -2.62. The molecule has 168 valence electrons. The lowest BCUT2D eigenvalue weighted by Gasteiger charge is -2.56. The van der Waals surface area contributed by atoms with Crippen LogP contribution in [0.2, 0.25) is 0 Å². The van der Waals surface area contributed by atoms with Gasteiger partial charge in [0.2, 0.25) is 0 Å². The van der Waals surface area contributed by atoms with Crippen LogP contribution >= 0.6 is 0 Å². The molecule has 4 bridgehead atoms. The van der Waals surface area contributed by atoms with Crippen molar-refractivity contribution >= 4 is 17.9 Å². The van der Waals surface area contributed by atoms with Crippen LogP contribution in [0.15, 0.2) is 24.3 Å². The van der Waals surface area contributed by atoms with E-state index in [1.54, 1.807) is 0 Å². The zero-order chi connectivity index (χ0) is 21.8. The summed E-state index contributed by atoms with van der Waals surface area (Å²) in [6.07, 6.45) is 7.49. The first-order valence-electron chi connectivity index (χ1n) is 11.4. The predicted octanol–water partition coefficient (Wildman–Crippen LogP) is 3.36. The Labute approximate surface area is 183 Å². The molecule has 4 fully saturated rings. The van der Waals surface area contributed by atoms with Gasteiger partial charge in [0, 0.05) is 12.0 Å². The summed E-state index contributed by atoms with van der Waals surface area (Å²) in [6, 6.07) is 7.05. The zero-order valence-corrected chi connectivity index (χ0v) is 18.2. The van der Waals surface area contributed by atoms with Crippen molar-refractivity contribution in [1.29, 1.82) is 0 Å². The number of urea groups is 1. The van der Waals surface area contributed by atoms with Crippen molar-refractivity contribution in [2.24, 2.45) is 17.8 Å². The third-order valence-corrected chi connectivity index (χ3v) is 6.91. The number of hydrogen-bond acceptors (Lipinski definition) is 5. The van der Waals surface area contributed by atoms with Crippen LogP contribution in [0.1, 0.15) is 57.4 Å². The number of amides is 3. The molecule has 31 heavy (non-hydrogen) atoms. The molecule has 0 radical (unpaired) electrons. The van der Waals surface area contributed by atoms with Gasteiger partial charge in [-0.2, -0.15) is 0 Å². The molecule has 0 spiro atoms. The number of benzene rings is 1. The SMILES string of the molecule is CCOc1ccccc1CCC(=O)OCC(=O)NC(=O)NC12CC3CC(CC(C3)C1)C2. The van der Waals surface area contributed by atoms with Gasteiger partial charge in [0.15, 0.2) is 6.61 Å². The molecule has 0 aromatic heterocycles. The maximum absolute atomic E-state index is 12.4. The molecule has 0 unspecified atom stereocenters. The Bertz CT molecular complexity index is 802. The van der Waals surface area contributed by atoms with Crippen LogP contribution < -0.4 is 15.4 Å². The van der Waals surface area contributed by atoms with Gasteiger partial charge in [0.05, 0.1) is 6.61 Å². The fourth-order valence-electron chi connectivity index (χ4n) is 6.16. The van der Waals surface area contributed by atoms with Crippen molar-refractivity contribution < 1.29 is 23.9 Å². The van der Waals surface area contributed by atoms with Crippen LogP contribution in [0.3, 0.4) is 0 Å². The molecule has 4 aliphatic rings. The fourth-order valence-corrected chi connectivity index (χ4v) is 6.16. The van der Waals surface area contributed by atoms with E-state index in [2.05, 4.69) is 10.6 Å². The summed E-state index contributed by atoms with van der Waals surface area (Å²) in [7, 11) is 0. The number of ether oxygens (including phenoxy) is 2. The molecule has 0 heterocycles. The molecule has 0 saturated heterocycles. The molecule has 3 amide bonds. The van der Waals surface area contributed by atoms with Crippen LogP contribution in [0, 0.1) is 17.8 Å². The van der Waals surface area contributed by atoms with Gasteiger partial charge < -0.3 is 14.8 Å². The number of carbonyl (C=O) groups excluding carboxylic acids is 3. The highest BCUT2D eigenvalue weighted by Gasteiger charge is 2.51. The van der Waals surface area contributed by atoms with Crippen LogP contribution in [0.5, 0.6) is 5.75 Å². The van der Waals surface area contributed by atoms with E-state index in [-0.39, 0.29) is 12.0 Å². The fraction of sp³-hybridized carbons (Fsp3) is 0.625. The molecular weight excluding hydrogens is 396 g/mol. The van der Waals surface area contributed by atoms with Crippen LogP contribution in [-0.4, -0.2) is 36.7 Å². The van der Waals surface area contributed by atoms with Crippen molar-refractivity contribution in [3.63, 3.8) is 0 Å². The van der Waals surface area contributed by atoms with Gasteiger partial charge in [-0.05, 0) is 81.3 Å². The van der Waals surface area contributed by atoms with Gasteiger partial charge >= 0.3 is 12.0 Å². The second-order valence-corrected chi connectivity index (χ2v) is 9.40. The summed E-state index contributed by atoms with van der Waals surface area (Å²) in [5.41, 5.74) is 0.754. The Hall–Kier alpha value is -2.57. The van der Waals surface area contributed by atoms with Crippen molar-refractivity contribution in [3.8, 4) is 5.75 Å².